The van der Waals surface area contributed by atoms with Crippen LogP contribution in [-0.2, 0) is 0 Å². The number of anilines is 1. The number of halogens is 1. The second kappa shape index (κ2) is 5.27. The fraction of sp³-hybridized carbons (Fsp3) is 0.0625. The van der Waals surface area contributed by atoms with Crippen LogP contribution in [0.15, 0.2) is 61.2 Å². The highest BCUT2D eigenvalue weighted by Crippen LogP contribution is 2.31. The highest BCUT2D eigenvalue weighted by atomic mass is 35.5. The average Bonchev–Trinajstić information content (AvgIpc) is 3.04. The molecule has 2 aromatic heterocycles. The molecule has 3 heterocycles. The molecule has 5 nitrogen and oxygen atoms in total. The molecule has 4 rings (SSSR count). The minimum Gasteiger partial charge on any atom is -0.324 e. The largest absolute Gasteiger partial charge is 0.324 e. The third-order valence-electron chi connectivity index (χ3n) is 3.59. The average molecular weight is 310 g/mol. The molecule has 1 atom stereocenters. The van der Waals surface area contributed by atoms with Gasteiger partial charge >= 0.3 is 0 Å². The van der Waals surface area contributed by atoms with Crippen LogP contribution in [0.1, 0.15) is 17.2 Å². The van der Waals surface area contributed by atoms with Crippen LogP contribution < -0.4 is 5.32 Å². The number of allylic oxidation sites excluding steroid dienone is 1. The lowest BCUT2D eigenvalue weighted by atomic mass is 10.0. The maximum Gasteiger partial charge on any atom is 0.226 e. The number of fused-ring (bicyclic) bond motifs is 1. The van der Waals surface area contributed by atoms with Crippen molar-refractivity contribution < 1.29 is 0 Å². The van der Waals surface area contributed by atoms with E-state index in [-0.39, 0.29) is 6.04 Å². The molecule has 3 aromatic rings. The van der Waals surface area contributed by atoms with Crippen LogP contribution in [0.25, 0.3) is 5.70 Å². The summed E-state index contributed by atoms with van der Waals surface area (Å²) in [7, 11) is 0. The van der Waals surface area contributed by atoms with Crippen LogP contribution in [0.4, 0.5) is 5.95 Å². The Morgan fingerprint density at radius 1 is 1.14 bits per heavy atom. The van der Waals surface area contributed by atoms with E-state index in [1.807, 2.05) is 47.3 Å². The molecule has 0 amide bonds. The highest BCUT2D eigenvalue weighted by molar-refractivity contribution is 6.30. The minimum atomic E-state index is -0.0359. The number of rotatable bonds is 2. The summed E-state index contributed by atoms with van der Waals surface area (Å²) in [5, 5.41) is 8.32. The Hall–Kier alpha value is -2.66. The second-order valence-corrected chi connectivity index (χ2v) is 5.41. The Morgan fingerprint density at radius 3 is 2.77 bits per heavy atom. The summed E-state index contributed by atoms with van der Waals surface area (Å²) in [6, 6.07) is 11.7. The zero-order valence-corrected chi connectivity index (χ0v) is 12.3. The van der Waals surface area contributed by atoms with Gasteiger partial charge in [0.05, 0.1) is 0 Å². The van der Waals surface area contributed by atoms with E-state index in [0.717, 1.165) is 16.8 Å². The fourth-order valence-corrected chi connectivity index (χ4v) is 2.65. The first-order valence-corrected chi connectivity index (χ1v) is 7.23. The van der Waals surface area contributed by atoms with Crippen LogP contribution in [0, 0.1) is 0 Å². The Kier molecular flexibility index (Phi) is 3.12. The van der Waals surface area contributed by atoms with Gasteiger partial charge in [-0.2, -0.15) is 10.1 Å². The molecular formula is C16H12ClN5. The molecule has 0 bridgehead atoms. The maximum absolute atomic E-state index is 5.98. The van der Waals surface area contributed by atoms with E-state index in [4.69, 9.17) is 11.6 Å². The molecule has 0 saturated carbocycles. The summed E-state index contributed by atoms with van der Waals surface area (Å²) in [5.74, 6) is 0.710. The fourth-order valence-electron chi connectivity index (χ4n) is 2.52. The lowest BCUT2D eigenvalue weighted by molar-refractivity contribution is 0.612. The smallest absolute Gasteiger partial charge is 0.226 e. The second-order valence-electron chi connectivity index (χ2n) is 4.97. The molecule has 0 saturated heterocycles. The number of hydrogen-bond acceptors (Lipinski definition) is 4. The van der Waals surface area contributed by atoms with Gasteiger partial charge in [0, 0.05) is 28.7 Å². The predicted molar refractivity (Wildman–Crippen MR) is 85.4 cm³/mol. The Morgan fingerprint density at radius 2 is 2.00 bits per heavy atom. The Balaban J connectivity index is 1.81. The van der Waals surface area contributed by atoms with Gasteiger partial charge < -0.3 is 5.32 Å². The normalized spacial score (nSPS) is 16.6. The molecule has 0 aliphatic carbocycles. The molecule has 0 radical (unpaired) electrons. The van der Waals surface area contributed by atoms with E-state index in [0.29, 0.717) is 11.0 Å². The molecule has 1 aromatic carbocycles. The zero-order valence-electron chi connectivity index (χ0n) is 11.5. The van der Waals surface area contributed by atoms with Crippen LogP contribution in [0.5, 0.6) is 0 Å². The van der Waals surface area contributed by atoms with Crippen molar-refractivity contribution in [2.45, 2.75) is 6.04 Å². The zero-order chi connectivity index (χ0) is 14.9. The van der Waals surface area contributed by atoms with Crippen molar-refractivity contribution >= 4 is 23.2 Å². The maximum atomic E-state index is 5.98. The molecule has 1 aliphatic rings. The molecule has 108 valence electrons. The summed E-state index contributed by atoms with van der Waals surface area (Å²) in [6.45, 7) is 0. The Labute approximate surface area is 132 Å². The lowest BCUT2D eigenvalue weighted by Gasteiger charge is -2.24. The van der Waals surface area contributed by atoms with Crippen LogP contribution in [0.2, 0.25) is 5.02 Å². The van der Waals surface area contributed by atoms with Crippen LogP contribution >= 0.6 is 11.6 Å². The topological polar surface area (TPSA) is 55.6 Å². The summed E-state index contributed by atoms with van der Waals surface area (Å²) in [5.41, 5.74) is 3.07. The predicted octanol–water partition coefficient (Wildman–Crippen LogP) is 3.38. The number of benzene rings is 1. The van der Waals surface area contributed by atoms with E-state index < -0.39 is 0 Å². The van der Waals surface area contributed by atoms with Gasteiger partial charge in [0.2, 0.25) is 5.95 Å². The summed E-state index contributed by atoms with van der Waals surface area (Å²) in [4.78, 5) is 8.45. The van der Waals surface area contributed by atoms with Gasteiger partial charge in [0.15, 0.2) is 0 Å². The van der Waals surface area contributed by atoms with Crippen molar-refractivity contribution in [2.75, 3.05) is 5.32 Å². The van der Waals surface area contributed by atoms with Gasteiger partial charge in [-0.15, -0.1) is 0 Å². The van der Waals surface area contributed by atoms with E-state index in [1.54, 1.807) is 12.5 Å². The van der Waals surface area contributed by atoms with Crippen molar-refractivity contribution in [2.24, 2.45) is 0 Å². The number of aromatic nitrogens is 4. The van der Waals surface area contributed by atoms with E-state index in [2.05, 4.69) is 26.5 Å². The molecule has 6 heteroatoms. The van der Waals surface area contributed by atoms with Crippen molar-refractivity contribution in [3.05, 3.63) is 77.3 Å². The van der Waals surface area contributed by atoms with E-state index in [9.17, 15) is 0 Å². The number of hydrogen-bond donors (Lipinski definition) is 1. The Bertz CT molecular complexity index is 823. The molecule has 0 unspecified atom stereocenters. The molecular weight excluding hydrogens is 298 g/mol. The van der Waals surface area contributed by atoms with Gasteiger partial charge in [-0.3, -0.25) is 4.98 Å². The van der Waals surface area contributed by atoms with Crippen molar-refractivity contribution in [1.82, 2.24) is 19.7 Å². The number of nitrogens with zero attached hydrogens (tertiary/aromatic N) is 4. The van der Waals surface area contributed by atoms with Gasteiger partial charge in [-0.25, -0.2) is 4.68 Å². The van der Waals surface area contributed by atoms with E-state index in [1.165, 1.54) is 0 Å². The molecule has 0 spiro atoms. The monoisotopic (exact) mass is 309 g/mol. The van der Waals surface area contributed by atoms with Gasteiger partial charge in [-0.05, 0) is 35.9 Å². The van der Waals surface area contributed by atoms with Crippen LogP contribution in [0.3, 0.4) is 0 Å². The van der Waals surface area contributed by atoms with E-state index >= 15 is 0 Å². The van der Waals surface area contributed by atoms with Gasteiger partial charge in [0.1, 0.15) is 12.4 Å². The van der Waals surface area contributed by atoms with Crippen molar-refractivity contribution in [3.63, 3.8) is 0 Å². The van der Waals surface area contributed by atoms with Crippen molar-refractivity contribution in [1.29, 1.82) is 0 Å². The first kappa shape index (κ1) is 13.0. The first-order chi connectivity index (χ1) is 10.8. The highest BCUT2D eigenvalue weighted by Gasteiger charge is 2.23. The standard InChI is InChI=1S/C16H12ClN5/c17-13-5-3-11(4-6-13)15-8-14(12-2-1-7-18-9-12)21-16-19-10-20-22(15)16/h1-10,15H,(H,19,20,21)/t15-/m0/s1. The molecule has 22 heavy (non-hydrogen) atoms. The van der Waals surface area contributed by atoms with Crippen LogP contribution in [-0.4, -0.2) is 19.7 Å². The number of nitrogens with one attached hydrogen (secondary N) is 1. The molecule has 1 N–H and O–H groups in total. The lowest BCUT2D eigenvalue weighted by Crippen LogP contribution is -2.20. The molecule has 1 aliphatic heterocycles. The molecule has 0 fully saturated rings. The number of pyridine rings is 1. The summed E-state index contributed by atoms with van der Waals surface area (Å²) >= 11 is 5.98. The third kappa shape index (κ3) is 2.25. The van der Waals surface area contributed by atoms with Gasteiger partial charge in [-0.1, -0.05) is 23.7 Å². The SMILES string of the molecule is Clc1ccc([C@@H]2C=C(c3cccnc3)Nc3ncnn32)cc1. The third-order valence-corrected chi connectivity index (χ3v) is 3.84. The summed E-state index contributed by atoms with van der Waals surface area (Å²) in [6.07, 6.45) is 7.24. The quantitative estimate of drug-likeness (QED) is 0.788. The minimum absolute atomic E-state index is 0.0359. The van der Waals surface area contributed by atoms with Gasteiger partial charge in [0.25, 0.3) is 0 Å². The first-order valence-electron chi connectivity index (χ1n) is 6.85. The van der Waals surface area contributed by atoms with Crippen molar-refractivity contribution in [3.8, 4) is 0 Å². The summed E-state index contributed by atoms with van der Waals surface area (Å²) < 4.78 is 1.85.